The topological polar surface area (TPSA) is 111 Å². The lowest BCUT2D eigenvalue weighted by molar-refractivity contribution is 0.0342. The van der Waals surface area contributed by atoms with E-state index in [-0.39, 0.29) is 22.4 Å². The fraction of sp³-hybridized carbons (Fsp3) is 0.621. The van der Waals surface area contributed by atoms with E-state index in [0.717, 1.165) is 22.3 Å². The van der Waals surface area contributed by atoms with E-state index in [1.165, 1.54) is 0 Å². The van der Waals surface area contributed by atoms with Crippen molar-refractivity contribution in [1.29, 1.82) is 5.26 Å². The lowest BCUT2D eigenvalue weighted by atomic mass is 9.73. The molecule has 4 rings (SSSR count). The lowest BCUT2D eigenvalue weighted by Gasteiger charge is -2.37. The summed E-state index contributed by atoms with van der Waals surface area (Å²) in [5.74, 6) is 0.934. The number of anilines is 3. The molecule has 2 aliphatic heterocycles. The van der Waals surface area contributed by atoms with Crippen molar-refractivity contribution in [3.63, 3.8) is 0 Å². The Labute approximate surface area is 250 Å². The minimum atomic E-state index is -2.05. The van der Waals surface area contributed by atoms with Gasteiger partial charge in [0.05, 0.1) is 31.2 Å². The van der Waals surface area contributed by atoms with Gasteiger partial charge in [0, 0.05) is 53.2 Å². The number of aromatic nitrogens is 2. The van der Waals surface area contributed by atoms with E-state index in [9.17, 15) is 5.26 Å². The summed E-state index contributed by atoms with van der Waals surface area (Å²) in [6, 6.07) is 6.10. The minimum Gasteiger partial charge on any atom is -0.413 e. The van der Waals surface area contributed by atoms with Crippen LogP contribution in [0.15, 0.2) is 18.3 Å². The summed E-state index contributed by atoms with van der Waals surface area (Å²) in [5, 5.41) is 16.9. The molecule has 2 fully saturated rings. The second kappa shape index (κ2) is 12.6. The predicted octanol–water partition coefficient (Wildman–Crippen LogP) is 5.81. The standard InChI is InChI=1S/C29H43BClN5O4Si/c1-19-14-33-27(36-26(19)35-24-16-37-10-9-20(24)13-32)34-22-11-21(15-40-41(7,8)28(2,3)4)25(23(31)12-22)30-38-17-29(5,6)18-39-30/h11-12,14,20,24H,9-10,15-18H2,1-8H3,(H2,33,34,35,36)/t20-,24+/m1/s1. The Balaban J connectivity index is 1.61. The molecular weight excluding hydrogens is 557 g/mol. The van der Waals surface area contributed by atoms with Gasteiger partial charge >= 0.3 is 7.12 Å². The number of nitrogens with one attached hydrogen (secondary N) is 2. The van der Waals surface area contributed by atoms with Gasteiger partial charge in [-0.25, -0.2) is 4.98 Å². The van der Waals surface area contributed by atoms with Crippen molar-refractivity contribution in [1.82, 2.24) is 9.97 Å². The van der Waals surface area contributed by atoms with Gasteiger partial charge in [0.1, 0.15) is 5.82 Å². The molecule has 9 nitrogen and oxygen atoms in total. The zero-order valence-electron chi connectivity index (χ0n) is 25.6. The van der Waals surface area contributed by atoms with E-state index in [2.05, 4.69) is 69.4 Å². The molecule has 3 heterocycles. The van der Waals surface area contributed by atoms with Crippen LogP contribution in [0.3, 0.4) is 0 Å². The van der Waals surface area contributed by atoms with Crippen LogP contribution in [-0.2, 0) is 25.1 Å². The molecule has 12 heteroatoms. The van der Waals surface area contributed by atoms with Gasteiger partial charge in [0.25, 0.3) is 0 Å². The number of aryl methyl sites for hydroxylation is 1. The van der Waals surface area contributed by atoms with Gasteiger partial charge in [-0.05, 0) is 49.2 Å². The van der Waals surface area contributed by atoms with Gasteiger partial charge in [-0.15, -0.1) is 0 Å². The highest BCUT2D eigenvalue weighted by Gasteiger charge is 2.39. The molecule has 1 aromatic carbocycles. The first-order valence-electron chi connectivity index (χ1n) is 14.2. The van der Waals surface area contributed by atoms with Crippen LogP contribution in [0.4, 0.5) is 17.5 Å². The SMILES string of the molecule is Cc1cnc(Nc2cc(Cl)c(B3OCC(C)(C)CO3)c(CO[Si](C)(C)C(C)(C)C)c2)nc1N[C@H]1COCC[C@@H]1C#N. The Hall–Kier alpha value is -2.20. The second-order valence-electron chi connectivity index (χ2n) is 13.4. The van der Waals surface area contributed by atoms with Crippen LogP contribution in [0.5, 0.6) is 0 Å². The third-order valence-corrected chi connectivity index (χ3v) is 13.0. The third-order valence-electron chi connectivity index (χ3n) is 8.17. The number of hydrogen-bond donors (Lipinski definition) is 2. The van der Waals surface area contributed by atoms with E-state index in [0.29, 0.717) is 56.2 Å². The summed E-state index contributed by atoms with van der Waals surface area (Å²) < 4.78 is 24.5. The lowest BCUT2D eigenvalue weighted by Crippen LogP contribution is -2.49. The van der Waals surface area contributed by atoms with Crippen molar-refractivity contribution in [2.24, 2.45) is 11.3 Å². The molecule has 0 aliphatic carbocycles. The molecule has 2 N–H and O–H groups in total. The van der Waals surface area contributed by atoms with Crippen LogP contribution < -0.4 is 16.1 Å². The smallest absolute Gasteiger partial charge is 0.413 e. The zero-order valence-corrected chi connectivity index (χ0v) is 27.3. The molecule has 0 amide bonds. The van der Waals surface area contributed by atoms with Crippen molar-refractivity contribution in [3.8, 4) is 6.07 Å². The van der Waals surface area contributed by atoms with E-state index < -0.39 is 15.4 Å². The van der Waals surface area contributed by atoms with Crippen LogP contribution in [-0.4, -0.2) is 57.9 Å². The molecule has 2 aromatic rings. The average Bonchev–Trinajstić information content (AvgIpc) is 2.89. The monoisotopic (exact) mass is 599 g/mol. The van der Waals surface area contributed by atoms with Gasteiger partial charge in [0.15, 0.2) is 8.32 Å². The molecule has 0 unspecified atom stereocenters. The van der Waals surface area contributed by atoms with Crippen LogP contribution in [0, 0.1) is 29.6 Å². The zero-order chi connectivity index (χ0) is 30.0. The highest BCUT2D eigenvalue weighted by Crippen LogP contribution is 2.37. The number of benzene rings is 1. The maximum absolute atomic E-state index is 9.56. The Morgan fingerprint density at radius 3 is 2.61 bits per heavy atom. The van der Waals surface area contributed by atoms with E-state index in [1.807, 2.05) is 19.1 Å². The largest absolute Gasteiger partial charge is 0.495 e. The maximum Gasteiger partial charge on any atom is 0.495 e. The third kappa shape index (κ3) is 7.80. The van der Waals surface area contributed by atoms with Crippen molar-refractivity contribution in [2.45, 2.75) is 78.7 Å². The normalized spacial score (nSPS) is 21.3. The Bertz CT molecular complexity index is 1270. The molecule has 0 spiro atoms. The van der Waals surface area contributed by atoms with Crippen molar-refractivity contribution < 1.29 is 18.5 Å². The minimum absolute atomic E-state index is 0.0573. The Morgan fingerprint density at radius 1 is 1.24 bits per heavy atom. The molecule has 2 atom stereocenters. The maximum atomic E-state index is 9.56. The predicted molar refractivity (Wildman–Crippen MR) is 167 cm³/mol. The number of halogens is 1. The fourth-order valence-corrected chi connectivity index (χ4v) is 5.73. The molecule has 0 saturated carbocycles. The molecule has 0 radical (unpaired) electrons. The van der Waals surface area contributed by atoms with Crippen LogP contribution in [0.1, 0.15) is 52.2 Å². The highest BCUT2D eigenvalue weighted by atomic mass is 35.5. The summed E-state index contributed by atoms with van der Waals surface area (Å²) in [4.78, 5) is 9.22. The van der Waals surface area contributed by atoms with Crippen molar-refractivity contribution in [2.75, 3.05) is 37.1 Å². The molecular formula is C29H43BClN5O4Si. The quantitative estimate of drug-likeness (QED) is 0.363. The first-order valence-corrected chi connectivity index (χ1v) is 17.5. The second-order valence-corrected chi connectivity index (χ2v) is 18.6. The summed E-state index contributed by atoms with van der Waals surface area (Å²) in [6.07, 6.45) is 2.45. The van der Waals surface area contributed by atoms with Gasteiger partial charge in [0.2, 0.25) is 5.95 Å². The Morgan fingerprint density at radius 2 is 1.95 bits per heavy atom. The van der Waals surface area contributed by atoms with Crippen LogP contribution in [0.25, 0.3) is 0 Å². The fourth-order valence-electron chi connectivity index (χ4n) is 4.45. The molecule has 222 valence electrons. The van der Waals surface area contributed by atoms with Gasteiger partial charge < -0.3 is 29.1 Å². The van der Waals surface area contributed by atoms with Gasteiger partial charge in [-0.2, -0.15) is 10.2 Å². The molecule has 2 saturated heterocycles. The number of ether oxygens (including phenoxy) is 1. The van der Waals surface area contributed by atoms with Crippen molar-refractivity contribution in [3.05, 3.63) is 34.5 Å². The van der Waals surface area contributed by atoms with Gasteiger partial charge in [-0.1, -0.05) is 46.2 Å². The van der Waals surface area contributed by atoms with E-state index >= 15 is 0 Å². The number of nitrogens with zero attached hydrogens (tertiary/aromatic N) is 3. The van der Waals surface area contributed by atoms with E-state index in [4.69, 9.17) is 35.1 Å². The number of rotatable bonds is 8. The first kappa shape index (κ1) is 31.7. The summed E-state index contributed by atoms with van der Waals surface area (Å²) in [5.41, 5.74) is 3.24. The Kier molecular flexibility index (Phi) is 9.73. The molecule has 2 aliphatic rings. The van der Waals surface area contributed by atoms with Gasteiger partial charge in [-0.3, -0.25) is 0 Å². The molecule has 0 bridgehead atoms. The highest BCUT2D eigenvalue weighted by molar-refractivity contribution is 6.74. The average molecular weight is 600 g/mol. The number of nitriles is 1. The molecule has 41 heavy (non-hydrogen) atoms. The van der Waals surface area contributed by atoms with Crippen molar-refractivity contribution >= 4 is 50.0 Å². The summed E-state index contributed by atoms with van der Waals surface area (Å²) in [7, 11) is -2.62. The number of hydrogen-bond acceptors (Lipinski definition) is 9. The first-order chi connectivity index (χ1) is 19.2. The van der Waals surface area contributed by atoms with Crippen LogP contribution in [0.2, 0.25) is 23.2 Å². The van der Waals surface area contributed by atoms with E-state index in [1.54, 1.807) is 6.20 Å². The molecule has 1 aromatic heterocycles. The summed E-state index contributed by atoms with van der Waals surface area (Å²) in [6.45, 7) is 19.9. The van der Waals surface area contributed by atoms with Crippen LogP contribution >= 0.6 is 11.6 Å². The summed E-state index contributed by atoms with van der Waals surface area (Å²) >= 11 is 6.92.